The Bertz CT molecular complexity index is 1290. The summed E-state index contributed by atoms with van der Waals surface area (Å²) in [7, 11) is 1.54. The van der Waals surface area contributed by atoms with Crippen LogP contribution in [-0.2, 0) is 6.54 Å². The average Bonchev–Trinajstić information content (AvgIpc) is 3.15. The van der Waals surface area contributed by atoms with E-state index in [0.717, 1.165) is 16.6 Å². The van der Waals surface area contributed by atoms with E-state index in [0.29, 0.717) is 29.0 Å². The Morgan fingerprint density at radius 1 is 1.37 bits per heavy atom. The standard InChI is InChI=1S/C22H19N6O2/c1-3-4-5-10-28-19-9-6-15(11-14(19)13-24-28)25-21-17-8-7-16(30-2)12-18(17)26-22(27-21)20(23)29/h3-6,8-9,11-13H,1,10H2,2H3,(H2,23,29)(H,25,26,27). The number of primary amides is 1. The number of ether oxygens (including phenoxy) is 1. The first-order chi connectivity index (χ1) is 14.6. The van der Waals surface area contributed by atoms with E-state index < -0.39 is 5.91 Å². The SMILES string of the molecule is C=CC=CCn1ncc2cc(Nc3nc(C(N)=O)nc4cc(OC)[c]cc34)ccc21. The Morgan fingerprint density at radius 3 is 3.00 bits per heavy atom. The van der Waals surface area contributed by atoms with Gasteiger partial charge in [-0.05, 0) is 24.3 Å². The first-order valence-corrected chi connectivity index (χ1v) is 9.16. The number of methoxy groups -OCH3 is 1. The normalized spacial score (nSPS) is 11.2. The summed E-state index contributed by atoms with van der Waals surface area (Å²) in [6.07, 6.45) is 7.39. The molecule has 0 aliphatic rings. The van der Waals surface area contributed by atoms with Gasteiger partial charge < -0.3 is 15.8 Å². The molecule has 4 aromatic rings. The molecule has 0 saturated heterocycles. The molecule has 1 amide bonds. The third kappa shape index (κ3) is 3.70. The number of fused-ring (bicyclic) bond motifs is 2. The minimum absolute atomic E-state index is 0.0823. The molecule has 8 heteroatoms. The minimum Gasteiger partial charge on any atom is -0.496 e. The van der Waals surface area contributed by atoms with Crippen molar-refractivity contribution in [2.45, 2.75) is 6.54 Å². The van der Waals surface area contributed by atoms with E-state index in [2.05, 4.69) is 33.0 Å². The molecule has 0 spiro atoms. The van der Waals surface area contributed by atoms with Gasteiger partial charge in [0.15, 0.2) is 0 Å². The fraction of sp³-hybridized carbons (Fsp3) is 0.0909. The van der Waals surface area contributed by atoms with Crippen molar-refractivity contribution in [2.75, 3.05) is 12.4 Å². The summed E-state index contributed by atoms with van der Waals surface area (Å²) in [6, 6.07) is 12.3. The maximum absolute atomic E-state index is 11.7. The summed E-state index contributed by atoms with van der Waals surface area (Å²) in [5.41, 5.74) is 7.72. The third-order valence-electron chi connectivity index (χ3n) is 4.50. The molecule has 0 saturated carbocycles. The van der Waals surface area contributed by atoms with Gasteiger partial charge in [0.2, 0.25) is 5.82 Å². The first-order valence-electron chi connectivity index (χ1n) is 9.16. The van der Waals surface area contributed by atoms with Crippen LogP contribution >= 0.6 is 0 Å². The van der Waals surface area contributed by atoms with E-state index in [1.165, 1.54) is 7.11 Å². The quantitative estimate of drug-likeness (QED) is 0.461. The molecule has 0 unspecified atom stereocenters. The zero-order valence-electron chi connectivity index (χ0n) is 16.3. The molecule has 149 valence electrons. The lowest BCUT2D eigenvalue weighted by Crippen LogP contribution is -2.16. The molecule has 2 heterocycles. The summed E-state index contributed by atoms with van der Waals surface area (Å²) in [6.45, 7) is 4.32. The van der Waals surface area contributed by atoms with Crippen LogP contribution in [-0.4, -0.2) is 32.8 Å². The Kier molecular flexibility index (Phi) is 5.13. The molecule has 0 fully saturated rings. The first kappa shape index (κ1) is 19.1. The molecule has 0 aliphatic carbocycles. The Morgan fingerprint density at radius 2 is 2.23 bits per heavy atom. The lowest BCUT2D eigenvalue weighted by molar-refractivity contribution is 0.0991. The van der Waals surface area contributed by atoms with Gasteiger partial charge in [-0.15, -0.1) is 0 Å². The van der Waals surface area contributed by atoms with Crippen molar-refractivity contribution >= 4 is 39.2 Å². The predicted molar refractivity (Wildman–Crippen MR) is 116 cm³/mol. The van der Waals surface area contributed by atoms with Crippen molar-refractivity contribution in [1.29, 1.82) is 0 Å². The number of hydrogen-bond donors (Lipinski definition) is 2. The molecule has 1 radical (unpaired) electrons. The van der Waals surface area contributed by atoms with Gasteiger partial charge >= 0.3 is 0 Å². The van der Waals surface area contributed by atoms with Gasteiger partial charge in [0.1, 0.15) is 11.6 Å². The second kappa shape index (κ2) is 8.04. The van der Waals surface area contributed by atoms with E-state index in [1.807, 2.05) is 35.0 Å². The van der Waals surface area contributed by atoms with Crippen molar-refractivity contribution < 1.29 is 9.53 Å². The van der Waals surface area contributed by atoms with E-state index in [4.69, 9.17) is 10.5 Å². The molecule has 0 bridgehead atoms. The number of carbonyl (C=O) groups is 1. The van der Waals surface area contributed by atoms with Gasteiger partial charge in [0.25, 0.3) is 5.91 Å². The molecule has 2 aromatic carbocycles. The van der Waals surface area contributed by atoms with Crippen molar-refractivity contribution in [1.82, 2.24) is 19.7 Å². The summed E-state index contributed by atoms with van der Waals surface area (Å²) in [5.74, 6) is 0.160. The molecule has 30 heavy (non-hydrogen) atoms. The van der Waals surface area contributed by atoms with Gasteiger partial charge in [-0.2, -0.15) is 5.10 Å². The Labute approximate surface area is 172 Å². The summed E-state index contributed by atoms with van der Waals surface area (Å²) < 4.78 is 7.09. The fourth-order valence-corrected chi connectivity index (χ4v) is 3.08. The van der Waals surface area contributed by atoms with Gasteiger partial charge in [0, 0.05) is 28.6 Å². The summed E-state index contributed by atoms with van der Waals surface area (Å²) >= 11 is 0. The van der Waals surface area contributed by atoms with E-state index in [1.54, 1.807) is 24.4 Å². The number of anilines is 2. The second-order valence-corrected chi connectivity index (χ2v) is 6.45. The van der Waals surface area contributed by atoms with Crippen molar-refractivity contribution in [3.63, 3.8) is 0 Å². The van der Waals surface area contributed by atoms with E-state index >= 15 is 0 Å². The van der Waals surface area contributed by atoms with Crippen LogP contribution in [0.25, 0.3) is 21.8 Å². The van der Waals surface area contributed by atoms with Crippen LogP contribution in [0.15, 0.2) is 61.3 Å². The number of aromatic nitrogens is 4. The number of rotatable bonds is 7. The molecular formula is C22H19N6O2. The number of benzene rings is 2. The van der Waals surface area contributed by atoms with Crippen LogP contribution in [0, 0.1) is 6.07 Å². The number of nitrogens with zero attached hydrogens (tertiary/aromatic N) is 4. The largest absolute Gasteiger partial charge is 0.496 e. The fourth-order valence-electron chi connectivity index (χ4n) is 3.08. The monoisotopic (exact) mass is 399 g/mol. The highest BCUT2D eigenvalue weighted by atomic mass is 16.5. The van der Waals surface area contributed by atoms with Crippen LogP contribution in [0.2, 0.25) is 0 Å². The third-order valence-corrected chi connectivity index (χ3v) is 4.50. The topological polar surface area (TPSA) is 108 Å². The van der Waals surface area contributed by atoms with Gasteiger partial charge in [0.05, 0.1) is 30.9 Å². The van der Waals surface area contributed by atoms with Crippen molar-refractivity contribution in [3.8, 4) is 5.75 Å². The van der Waals surface area contributed by atoms with Gasteiger partial charge in [-0.1, -0.05) is 24.8 Å². The number of amides is 1. The van der Waals surface area contributed by atoms with Crippen molar-refractivity contribution in [2.24, 2.45) is 5.73 Å². The molecule has 0 aliphatic heterocycles. The number of nitrogens with two attached hydrogens (primary N) is 1. The number of carbonyl (C=O) groups excluding carboxylic acids is 1. The lowest BCUT2D eigenvalue weighted by atomic mass is 10.2. The highest BCUT2D eigenvalue weighted by molar-refractivity contribution is 5.97. The summed E-state index contributed by atoms with van der Waals surface area (Å²) in [5, 5.41) is 9.32. The lowest BCUT2D eigenvalue weighted by Gasteiger charge is -2.11. The highest BCUT2D eigenvalue weighted by Gasteiger charge is 2.13. The number of nitrogens with one attached hydrogen (secondary N) is 1. The van der Waals surface area contributed by atoms with Crippen LogP contribution in [0.1, 0.15) is 10.6 Å². The molecule has 2 aromatic heterocycles. The predicted octanol–water partition coefficient (Wildman–Crippen LogP) is 3.37. The maximum atomic E-state index is 11.7. The minimum atomic E-state index is -0.712. The zero-order valence-corrected chi connectivity index (χ0v) is 16.3. The molecule has 3 N–H and O–H groups in total. The molecular weight excluding hydrogens is 380 g/mol. The highest BCUT2D eigenvalue weighted by Crippen LogP contribution is 2.28. The van der Waals surface area contributed by atoms with Crippen LogP contribution in [0.4, 0.5) is 11.5 Å². The summed E-state index contributed by atoms with van der Waals surface area (Å²) in [4.78, 5) is 20.2. The smallest absolute Gasteiger partial charge is 0.286 e. The average molecular weight is 399 g/mol. The van der Waals surface area contributed by atoms with Crippen LogP contribution < -0.4 is 15.8 Å². The van der Waals surface area contributed by atoms with Gasteiger partial charge in [-0.25, -0.2) is 9.97 Å². The number of allylic oxidation sites excluding steroid dienone is 3. The Balaban J connectivity index is 1.72. The van der Waals surface area contributed by atoms with Gasteiger partial charge in [-0.3, -0.25) is 9.48 Å². The maximum Gasteiger partial charge on any atom is 0.286 e. The molecule has 0 atom stereocenters. The van der Waals surface area contributed by atoms with E-state index in [-0.39, 0.29) is 5.82 Å². The molecule has 4 rings (SSSR count). The van der Waals surface area contributed by atoms with Crippen LogP contribution in [0.5, 0.6) is 5.75 Å². The molecule has 8 nitrogen and oxygen atoms in total. The van der Waals surface area contributed by atoms with E-state index in [9.17, 15) is 4.79 Å². The van der Waals surface area contributed by atoms with Crippen molar-refractivity contribution in [3.05, 3.63) is 73.2 Å². The Hall–Kier alpha value is -4.20. The number of hydrogen-bond acceptors (Lipinski definition) is 6. The van der Waals surface area contributed by atoms with Crippen LogP contribution in [0.3, 0.4) is 0 Å². The second-order valence-electron chi connectivity index (χ2n) is 6.45. The zero-order chi connectivity index (χ0) is 21.1.